The Morgan fingerprint density at radius 3 is 2.62 bits per heavy atom. The van der Waals surface area contributed by atoms with Gasteiger partial charge in [0.25, 0.3) is 0 Å². The Balaban J connectivity index is 2.13. The maximum atomic E-state index is 12.4. The first kappa shape index (κ1) is 16.1. The lowest BCUT2D eigenvalue weighted by Crippen LogP contribution is -2.42. The topological polar surface area (TPSA) is 78.9 Å². The van der Waals surface area contributed by atoms with Crippen molar-refractivity contribution in [2.24, 2.45) is 5.92 Å². The van der Waals surface area contributed by atoms with Gasteiger partial charge in [0.05, 0.1) is 12.8 Å². The number of anilines is 1. The quantitative estimate of drug-likeness (QED) is 0.860. The molecule has 1 saturated heterocycles. The maximum absolute atomic E-state index is 12.4. The van der Waals surface area contributed by atoms with Crippen LogP contribution in [0.1, 0.15) is 18.4 Å². The minimum atomic E-state index is -3.60. The third kappa shape index (κ3) is 3.87. The molecule has 0 spiro atoms. The lowest BCUT2D eigenvalue weighted by atomic mass is 10.00. The molecule has 0 aromatic heterocycles. The lowest BCUT2D eigenvalue weighted by molar-refractivity contribution is 0.170. The van der Waals surface area contributed by atoms with Gasteiger partial charge in [0.2, 0.25) is 0 Å². The van der Waals surface area contributed by atoms with Crippen molar-refractivity contribution in [1.29, 1.82) is 0 Å². The van der Waals surface area contributed by atoms with Crippen LogP contribution in [0.4, 0.5) is 5.69 Å². The molecule has 7 heteroatoms. The van der Waals surface area contributed by atoms with Gasteiger partial charge in [-0.1, -0.05) is 6.07 Å². The van der Waals surface area contributed by atoms with Crippen molar-refractivity contribution in [2.75, 3.05) is 31.5 Å². The Hall–Kier alpha value is -1.31. The van der Waals surface area contributed by atoms with Crippen LogP contribution in [0, 0.1) is 12.8 Å². The maximum Gasteiger partial charge on any atom is 0.301 e. The molecule has 1 aliphatic heterocycles. The third-order valence-corrected chi connectivity index (χ3v) is 5.29. The van der Waals surface area contributed by atoms with Gasteiger partial charge in [-0.25, -0.2) is 0 Å². The number of aryl methyl sites for hydroxylation is 1. The summed E-state index contributed by atoms with van der Waals surface area (Å²) in [7, 11) is -2.09. The molecule has 1 aromatic rings. The second-order valence-corrected chi connectivity index (χ2v) is 7.01. The molecule has 0 bridgehead atoms. The van der Waals surface area contributed by atoms with Crippen LogP contribution in [0.25, 0.3) is 0 Å². The fourth-order valence-electron chi connectivity index (χ4n) is 2.44. The number of hydrogen-bond donors (Lipinski definition) is 2. The van der Waals surface area contributed by atoms with Gasteiger partial charge in [-0.15, -0.1) is 0 Å². The minimum absolute atomic E-state index is 0.118. The van der Waals surface area contributed by atoms with E-state index < -0.39 is 10.2 Å². The molecule has 1 aromatic carbocycles. The summed E-state index contributed by atoms with van der Waals surface area (Å²) in [6.07, 6.45) is 1.37. The first-order valence-corrected chi connectivity index (χ1v) is 8.43. The monoisotopic (exact) mass is 314 g/mol. The summed E-state index contributed by atoms with van der Waals surface area (Å²) < 4.78 is 34.1. The molecule has 0 aliphatic carbocycles. The third-order valence-electron chi connectivity index (χ3n) is 3.77. The number of ether oxygens (including phenoxy) is 1. The van der Waals surface area contributed by atoms with Crippen LogP contribution in [0.2, 0.25) is 0 Å². The normalized spacial score (nSPS) is 17.7. The Morgan fingerprint density at radius 2 is 2.05 bits per heavy atom. The highest BCUT2D eigenvalue weighted by Crippen LogP contribution is 2.28. The van der Waals surface area contributed by atoms with E-state index in [4.69, 9.17) is 9.84 Å². The van der Waals surface area contributed by atoms with Crippen molar-refractivity contribution >= 4 is 15.9 Å². The molecule has 2 rings (SSSR count). The second-order valence-electron chi connectivity index (χ2n) is 5.34. The number of benzene rings is 1. The van der Waals surface area contributed by atoms with Gasteiger partial charge in [-0.2, -0.15) is 12.7 Å². The van der Waals surface area contributed by atoms with Crippen molar-refractivity contribution in [3.63, 3.8) is 0 Å². The van der Waals surface area contributed by atoms with Crippen LogP contribution in [0.3, 0.4) is 0 Å². The average Bonchev–Trinajstić information content (AvgIpc) is 2.47. The van der Waals surface area contributed by atoms with E-state index in [1.165, 1.54) is 11.4 Å². The molecular formula is C14H22N2O4S. The van der Waals surface area contributed by atoms with Crippen LogP contribution >= 0.6 is 0 Å². The van der Waals surface area contributed by atoms with E-state index in [1.54, 1.807) is 12.1 Å². The number of aliphatic hydroxyl groups excluding tert-OH is 1. The summed E-state index contributed by atoms with van der Waals surface area (Å²) in [6, 6.07) is 5.35. The molecule has 0 amide bonds. The molecular weight excluding hydrogens is 292 g/mol. The molecule has 1 heterocycles. The molecule has 1 aliphatic rings. The Labute approximate surface area is 125 Å². The van der Waals surface area contributed by atoms with E-state index in [9.17, 15) is 8.42 Å². The second kappa shape index (κ2) is 6.64. The van der Waals surface area contributed by atoms with Gasteiger partial charge in [0.1, 0.15) is 5.75 Å². The molecule has 0 saturated carbocycles. The van der Waals surface area contributed by atoms with E-state index in [1.807, 2.05) is 13.0 Å². The summed E-state index contributed by atoms with van der Waals surface area (Å²) in [5, 5.41) is 9.11. The molecule has 2 N–H and O–H groups in total. The standard InChI is InChI=1S/C14H22N2O4S/c1-11-3-4-14(20-2)13(9-11)15-21(18,19)16-7-5-12(10-17)6-8-16/h3-4,9,12,15,17H,5-8,10H2,1-2H3. The van der Waals surface area contributed by atoms with Gasteiger partial charge >= 0.3 is 10.2 Å². The van der Waals surface area contributed by atoms with E-state index in [-0.39, 0.29) is 12.5 Å². The van der Waals surface area contributed by atoms with Gasteiger partial charge in [-0.3, -0.25) is 4.72 Å². The zero-order valence-corrected chi connectivity index (χ0v) is 13.2. The summed E-state index contributed by atoms with van der Waals surface area (Å²) in [5.74, 6) is 0.694. The largest absolute Gasteiger partial charge is 0.495 e. The van der Waals surface area contributed by atoms with Gasteiger partial charge < -0.3 is 9.84 Å². The minimum Gasteiger partial charge on any atom is -0.495 e. The predicted octanol–water partition coefficient (Wildman–Crippen LogP) is 1.36. The van der Waals surface area contributed by atoms with E-state index in [0.717, 1.165) is 5.56 Å². The number of hydrogen-bond acceptors (Lipinski definition) is 4. The number of rotatable bonds is 5. The molecule has 21 heavy (non-hydrogen) atoms. The number of aliphatic hydroxyl groups is 1. The molecule has 1 fully saturated rings. The molecule has 0 radical (unpaired) electrons. The van der Waals surface area contributed by atoms with Crippen LogP contribution in [-0.2, 0) is 10.2 Å². The summed E-state index contributed by atoms with van der Waals surface area (Å²) in [6.45, 7) is 2.86. The van der Waals surface area contributed by atoms with Crippen LogP contribution in [-0.4, -0.2) is 44.6 Å². The van der Waals surface area contributed by atoms with Crippen LogP contribution < -0.4 is 9.46 Å². The predicted molar refractivity (Wildman–Crippen MR) is 81.7 cm³/mol. The fraction of sp³-hybridized carbons (Fsp3) is 0.571. The first-order valence-electron chi connectivity index (χ1n) is 6.99. The molecule has 0 unspecified atom stereocenters. The lowest BCUT2D eigenvalue weighted by Gasteiger charge is -2.30. The van der Waals surface area contributed by atoms with Crippen molar-refractivity contribution in [1.82, 2.24) is 4.31 Å². The average molecular weight is 314 g/mol. The summed E-state index contributed by atoms with van der Waals surface area (Å²) in [5.41, 5.74) is 1.40. The number of nitrogens with zero attached hydrogens (tertiary/aromatic N) is 1. The molecule has 6 nitrogen and oxygen atoms in total. The van der Waals surface area contributed by atoms with Gasteiger partial charge in [0.15, 0.2) is 0 Å². The van der Waals surface area contributed by atoms with Gasteiger partial charge in [-0.05, 0) is 43.4 Å². The van der Waals surface area contributed by atoms with Crippen molar-refractivity contribution in [3.8, 4) is 5.75 Å². The smallest absolute Gasteiger partial charge is 0.301 e. The Morgan fingerprint density at radius 1 is 1.38 bits per heavy atom. The summed E-state index contributed by atoms with van der Waals surface area (Å²) >= 11 is 0. The SMILES string of the molecule is COc1ccc(C)cc1NS(=O)(=O)N1CCC(CO)CC1. The van der Waals surface area contributed by atoms with E-state index in [2.05, 4.69) is 4.72 Å². The van der Waals surface area contributed by atoms with Crippen molar-refractivity contribution in [2.45, 2.75) is 19.8 Å². The zero-order valence-electron chi connectivity index (χ0n) is 12.4. The van der Waals surface area contributed by atoms with Gasteiger partial charge in [0, 0.05) is 19.7 Å². The molecule has 0 atom stereocenters. The first-order chi connectivity index (χ1) is 9.96. The highest BCUT2D eigenvalue weighted by atomic mass is 32.2. The Kier molecular flexibility index (Phi) is 5.08. The Bertz CT molecular complexity index is 581. The van der Waals surface area contributed by atoms with E-state index >= 15 is 0 Å². The highest BCUT2D eigenvalue weighted by Gasteiger charge is 2.28. The van der Waals surface area contributed by atoms with Crippen LogP contribution in [0.15, 0.2) is 18.2 Å². The van der Waals surface area contributed by atoms with Crippen LogP contribution in [0.5, 0.6) is 5.75 Å². The molecule has 118 valence electrons. The fourth-order valence-corrected chi connectivity index (χ4v) is 3.70. The van der Waals surface area contributed by atoms with Crippen molar-refractivity contribution in [3.05, 3.63) is 23.8 Å². The number of piperidine rings is 1. The summed E-state index contributed by atoms with van der Waals surface area (Å²) in [4.78, 5) is 0. The number of methoxy groups -OCH3 is 1. The van der Waals surface area contributed by atoms with Crippen molar-refractivity contribution < 1.29 is 18.3 Å². The zero-order chi connectivity index (χ0) is 15.5. The number of nitrogens with one attached hydrogen (secondary N) is 1. The van der Waals surface area contributed by atoms with E-state index in [0.29, 0.717) is 37.4 Å². The highest BCUT2D eigenvalue weighted by molar-refractivity contribution is 7.90.